The number of rotatable bonds is 7. The SMILES string of the molecule is CN(Cc1ccncc1)CC(O)COc1ccc(N)cc1. The Labute approximate surface area is 125 Å². The molecule has 5 nitrogen and oxygen atoms in total. The van der Waals surface area contributed by atoms with Gasteiger partial charge in [-0.3, -0.25) is 9.88 Å². The lowest BCUT2D eigenvalue weighted by atomic mass is 10.2. The third-order valence-electron chi connectivity index (χ3n) is 3.05. The van der Waals surface area contributed by atoms with Gasteiger partial charge in [0.1, 0.15) is 18.5 Å². The van der Waals surface area contributed by atoms with Crippen molar-refractivity contribution in [2.45, 2.75) is 12.6 Å². The first-order valence-corrected chi connectivity index (χ1v) is 6.87. The molecule has 0 saturated heterocycles. The highest BCUT2D eigenvalue weighted by Crippen LogP contribution is 2.13. The van der Waals surface area contributed by atoms with Crippen molar-refractivity contribution in [3.63, 3.8) is 0 Å². The molecule has 3 N–H and O–H groups in total. The van der Waals surface area contributed by atoms with Crippen LogP contribution in [0.1, 0.15) is 5.56 Å². The van der Waals surface area contributed by atoms with Crippen LogP contribution in [-0.4, -0.2) is 41.3 Å². The summed E-state index contributed by atoms with van der Waals surface area (Å²) in [6.45, 7) is 1.56. The Morgan fingerprint density at radius 1 is 1.19 bits per heavy atom. The van der Waals surface area contributed by atoms with Crippen LogP contribution in [0.25, 0.3) is 0 Å². The second kappa shape index (κ2) is 7.61. The summed E-state index contributed by atoms with van der Waals surface area (Å²) in [4.78, 5) is 6.03. The van der Waals surface area contributed by atoms with E-state index in [9.17, 15) is 5.11 Å². The van der Waals surface area contributed by atoms with Crippen LogP contribution in [0.5, 0.6) is 5.75 Å². The maximum atomic E-state index is 10.0. The Bertz CT molecular complexity index is 531. The quantitative estimate of drug-likeness (QED) is 0.756. The number of nitrogen functional groups attached to an aromatic ring is 1. The van der Waals surface area contributed by atoms with E-state index >= 15 is 0 Å². The lowest BCUT2D eigenvalue weighted by Crippen LogP contribution is -2.32. The number of anilines is 1. The number of hydrogen-bond acceptors (Lipinski definition) is 5. The van der Waals surface area contributed by atoms with E-state index in [1.54, 1.807) is 36.7 Å². The molecule has 1 unspecified atom stereocenters. The molecule has 2 aromatic rings. The van der Waals surface area contributed by atoms with Crippen LogP contribution < -0.4 is 10.5 Å². The van der Waals surface area contributed by atoms with Crippen LogP contribution in [0.2, 0.25) is 0 Å². The molecule has 1 aromatic carbocycles. The van der Waals surface area contributed by atoms with Crippen LogP contribution >= 0.6 is 0 Å². The normalized spacial score (nSPS) is 12.3. The third-order valence-corrected chi connectivity index (χ3v) is 3.05. The van der Waals surface area contributed by atoms with Crippen molar-refractivity contribution in [1.82, 2.24) is 9.88 Å². The standard InChI is InChI=1S/C16H21N3O2/c1-19(10-13-6-8-18-9-7-13)11-15(20)12-21-16-4-2-14(17)3-5-16/h2-9,15,20H,10-12,17H2,1H3. The van der Waals surface area contributed by atoms with Gasteiger partial charge in [0.25, 0.3) is 0 Å². The minimum atomic E-state index is -0.547. The van der Waals surface area contributed by atoms with Crippen molar-refractivity contribution < 1.29 is 9.84 Å². The number of aliphatic hydroxyl groups is 1. The van der Waals surface area contributed by atoms with Gasteiger partial charge >= 0.3 is 0 Å². The minimum Gasteiger partial charge on any atom is -0.491 e. The van der Waals surface area contributed by atoms with Crippen molar-refractivity contribution in [1.29, 1.82) is 0 Å². The van der Waals surface area contributed by atoms with Gasteiger partial charge in [-0.25, -0.2) is 0 Å². The van der Waals surface area contributed by atoms with E-state index in [1.807, 2.05) is 24.1 Å². The number of nitrogens with zero attached hydrogens (tertiary/aromatic N) is 2. The molecule has 0 aliphatic rings. The molecule has 0 aliphatic heterocycles. The number of ether oxygens (including phenoxy) is 1. The number of aromatic nitrogens is 1. The fourth-order valence-corrected chi connectivity index (χ4v) is 2.03. The zero-order valence-electron chi connectivity index (χ0n) is 12.1. The van der Waals surface area contributed by atoms with E-state index in [0.29, 0.717) is 18.0 Å². The van der Waals surface area contributed by atoms with Gasteiger partial charge in [0.15, 0.2) is 0 Å². The smallest absolute Gasteiger partial charge is 0.119 e. The fraction of sp³-hybridized carbons (Fsp3) is 0.312. The van der Waals surface area contributed by atoms with Crippen LogP contribution in [0.4, 0.5) is 5.69 Å². The Kier molecular flexibility index (Phi) is 5.54. The summed E-state index contributed by atoms with van der Waals surface area (Å²) in [5, 5.41) is 10.0. The average Bonchev–Trinajstić information content (AvgIpc) is 2.47. The van der Waals surface area contributed by atoms with Crippen molar-refractivity contribution in [3.8, 4) is 5.75 Å². The maximum absolute atomic E-state index is 10.0. The summed E-state index contributed by atoms with van der Waals surface area (Å²) in [6, 6.07) is 11.1. The minimum absolute atomic E-state index is 0.255. The lowest BCUT2D eigenvalue weighted by Gasteiger charge is -2.20. The largest absolute Gasteiger partial charge is 0.491 e. The molecule has 5 heteroatoms. The van der Waals surface area contributed by atoms with Gasteiger partial charge in [0.05, 0.1) is 0 Å². The van der Waals surface area contributed by atoms with Crippen LogP contribution in [0, 0.1) is 0 Å². The average molecular weight is 287 g/mol. The van der Waals surface area contributed by atoms with E-state index in [2.05, 4.69) is 4.98 Å². The Hall–Kier alpha value is -2.11. The van der Waals surface area contributed by atoms with Crippen LogP contribution in [0.3, 0.4) is 0 Å². The molecule has 1 heterocycles. The van der Waals surface area contributed by atoms with E-state index in [0.717, 1.165) is 6.54 Å². The monoisotopic (exact) mass is 287 g/mol. The van der Waals surface area contributed by atoms with Gasteiger partial charge < -0.3 is 15.6 Å². The number of nitrogens with two attached hydrogens (primary N) is 1. The number of aliphatic hydroxyl groups excluding tert-OH is 1. The molecule has 0 aliphatic carbocycles. The molecular formula is C16H21N3O2. The Balaban J connectivity index is 1.73. The first kappa shape index (κ1) is 15.3. The topological polar surface area (TPSA) is 71.6 Å². The van der Waals surface area contributed by atoms with Crippen molar-refractivity contribution in [2.75, 3.05) is 25.9 Å². The molecule has 21 heavy (non-hydrogen) atoms. The second-order valence-electron chi connectivity index (χ2n) is 5.09. The van der Waals surface area contributed by atoms with E-state index in [1.165, 1.54) is 5.56 Å². The molecule has 0 saturated carbocycles. The van der Waals surface area contributed by atoms with E-state index < -0.39 is 6.10 Å². The molecule has 0 spiro atoms. The van der Waals surface area contributed by atoms with Crippen LogP contribution in [-0.2, 0) is 6.54 Å². The van der Waals surface area contributed by atoms with Gasteiger partial charge in [-0.05, 0) is 49.0 Å². The molecule has 0 amide bonds. The summed E-state index contributed by atoms with van der Waals surface area (Å²) in [5.74, 6) is 0.708. The summed E-state index contributed by atoms with van der Waals surface area (Å²) >= 11 is 0. The van der Waals surface area contributed by atoms with Crippen molar-refractivity contribution >= 4 is 5.69 Å². The molecule has 1 atom stereocenters. The van der Waals surface area contributed by atoms with Crippen molar-refractivity contribution in [2.24, 2.45) is 0 Å². The third kappa shape index (κ3) is 5.41. The van der Waals surface area contributed by atoms with Gasteiger partial charge in [-0.2, -0.15) is 0 Å². The van der Waals surface area contributed by atoms with Crippen LogP contribution in [0.15, 0.2) is 48.8 Å². The van der Waals surface area contributed by atoms with Gasteiger partial charge in [0, 0.05) is 31.2 Å². The molecule has 0 bridgehead atoms. The Morgan fingerprint density at radius 3 is 2.52 bits per heavy atom. The number of pyridine rings is 1. The summed E-state index contributed by atoms with van der Waals surface area (Å²) in [6.07, 6.45) is 2.99. The molecule has 0 fully saturated rings. The highest BCUT2D eigenvalue weighted by Gasteiger charge is 2.09. The van der Waals surface area contributed by atoms with Gasteiger partial charge in [-0.15, -0.1) is 0 Å². The summed E-state index contributed by atoms with van der Waals surface area (Å²) in [5.41, 5.74) is 7.47. The lowest BCUT2D eigenvalue weighted by molar-refractivity contribution is 0.0744. The maximum Gasteiger partial charge on any atom is 0.119 e. The molecular weight excluding hydrogens is 266 g/mol. The first-order chi connectivity index (χ1) is 10.1. The highest BCUT2D eigenvalue weighted by atomic mass is 16.5. The molecule has 112 valence electrons. The second-order valence-corrected chi connectivity index (χ2v) is 5.09. The predicted molar refractivity (Wildman–Crippen MR) is 82.9 cm³/mol. The summed E-state index contributed by atoms with van der Waals surface area (Å²) in [7, 11) is 1.97. The summed E-state index contributed by atoms with van der Waals surface area (Å²) < 4.78 is 5.53. The number of hydrogen-bond donors (Lipinski definition) is 2. The Morgan fingerprint density at radius 2 is 1.86 bits per heavy atom. The number of benzene rings is 1. The number of likely N-dealkylation sites (N-methyl/N-ethyl adjacent to an activating group) is 1. The zero-order valence-corrected chi connectivity index (χ0v) is 12.1. The first-order valence-electron chi connectivity index (χ1n) is 6.87. The van der Waals surface area contributed by atoms with Gasteiger partial charge in [0.2, 0.25) is 0 Å². The van der Waals surface area contributed by atoms with E-state index in [4.69, 9.17) is 10.5 Å². The van der Waals surface area contributed by atoms with Gasteiger partial charge in [-0.1, -0.05) is 0 Å². The molecule has 1 aromatic heterocycles. The zero-order chi connectivity index (χ0) is 15.1. The fourth-order valence-electron chi connectivity index (χ4n) is 2.03. The highest BCUT2D eigenvalue weighted by molar-refractivity contribution is 5.41. The molecule has 2 rings (SSSR count). The predicted octanol–water partition coefficient (Wildman–Crippen LogP) is 1.54. The van der Waals surface area contributed by atoms with Crippen molar-refractivity contribution in [3.05, 3.63) is 54.4 Å². The van der Waals surface area contributed by atoms with E-state index in [-0.39, 0.29) is 6.61 Å². The molecule has 0 radical (unpaired) electrons.